The molecule has 13 heavy (non-hydrogen) atoms. The van der Waals surface area contributed by atoms with Gasteiger partial charge >= 0.3 is 0 Å². The van der Waals surface area contributed by atoms with E-state index >= 15 is 0 Å². The van der Waals surface area contributed by atoms with E-state index in [4.69, 9.17) is 0 Å². The predicted octanol–water partition coefficient (Wildman–Crippen LogP) is -0.654. The van der Waals surface area contributed by atoms with Crippen LogP contribution >= 0.6 is 9.24 Å². The van der Waals surface area contributed by atoms with Crippen molar-refractivity contribution in [1.29, 1.82) is 0 Å². The summed E-state index contributed by atoms with van der Waals surface area (Å²) in [5.41, 5.74) is 2.27. The summed E-state index contributed by atoms with van der Waals surface area (Å²) in [6.45, 7) is 0. The molecule has 0 amide bonds. The van der Waals surface area contributed by atoms with Crippen LogP contribution in [0.1, 0.15) is 5.69 Å². The molecule has 0 spiro atoms. The molecule has 1 unspecified atom stereocenters. The summed E-state index contributed by atoms with van der Waals surface area (Å²) >= 11 is 0. The predicted molar refractivity (Wildman–Crippen MR) is 56.6 cm³/mol. The number of halogens is 1. The van der Waals surface area contributed by atoms with Gasteiger partial charge in [-0.3, -0.25) is 0 Å². The van der Waals surface area contributed by atoms with E-state index in [0.717, 1.165) is 11.7 Å². The van der Waals surface area contributed by atoms with E-state index in [1.165, 1.54) is 11.1 Å². The lowest BCUT2D eigenvalue weighted by Gasteiger charge is -1.97. The van der Waals surface area contributed by atoms with E-state index in [1.54, 1.807) is 0 Å². The molecule has 0 N–H and O–H groups in total. The number of hydrogen-bond donors (Lipinski definition) is 0. The number of fused-ring (bicyclic) bond motifs is 1. The zero-order chi connectivity index (χ0) is 8.39. The normalized spacial score (nSPS) is 9.85. The van der Waals surface area contributed by atoms with E-state index in [9.17, 15) is 0 Å². The van der Waals surface area contributed by atoms with E-state index < -0.39 is 0 Å². The van der Waals surface area contributed by atoms with E-state index in [2.05, 4.69) is 29.2 Å². The van der Waals surface area contributed by atoms with Crippen molar-refractivity contribution in [2.45, 2.75) is 6.16 Å². The average Bonchev–Trinajstić information content (AvgIpc) is 2.17. The lowest BCUT2D eigenvalue weighted by Crippen LogP contribution is -3.00. The van der Waals surface area contributed by atoms with Crippen LogP contribution in [-0.4, -0.2) is 4.98 Å². The fourth-order valence-electron chi connectivity index (χ4n) is 1.25. The van der Waals surface area contributed by atoms with Gasteiger partial charge in [-0.05, 0) is 21.4 Å². The summed E-state index contributed by atoms with van der Waals surface area (Å²) in [7, 11) is 1.94. The molecule has 1 aromatic carbocycles. The number of nitrogens with zero attached hydrogens (tertiary/aromatic N) is 1. The highest BCUT2D eigenvalue weighted by Gasteiger charge is 1.95. The molecular formula is C10H11ClNP. The average molecular weight is 212 g/mol. The Morgan fingerprint density at radius 1 is 1.08 bits per heavy atom. The topological polar surface area (TPSA) is 12.9 Å². The second-order valence-corrected chi connectivity index (χ2v) is 3.25. The minimum Gasteiger partial charge on any atom is -1.00 e. The van der Waals surface area contributed by atoms with E-state index in [1.807, 2.05) is 21.4 Å². The molecule has 0 aliphatic carbocycles. The van der Waals surface area contributed by atoms with Gasteiger partial charge in [0.05, 0.1) is 17.4 Å². The monoisotopic (exact) mass is 211 g/mol. The molecule has 1 nitrogen and oxygen atoms in total. The standard InChI is InChI=1S/C10H10NP.ClH/c12-7-9-6-5-8-3-1-2-4-10(8)11-9;/h1-6H,7,12H2;1H. The maximum atomic E-state index is 4.50. The molecule has 0 saturated heterocycles. The van der Waals surface area contributed by atoms with Gasteiger partial charge in [0.25, 0.3) is 0 Å². The van der Waals surface area contributed by atoms with Gasteiger partial charge in [-0.1, -0.05) is 24.3 Å². The van der Waals surface area contributed by atoms with Gasteiger partial charge < -0.3 is 12.4 Å². The van der Waals surface area contributed by atoms with Gasteiger partial charge in [0.15, 0.2) is 0 Å². The third kappa shape index (κ3) is 2.18. The summed E-state index contributed by atoms with van der Waals surface area (Å²) in [4.78, 5) is 4.50. The van der Waals surface area contributed by atoms with Gasteiger partial charge in [-0.15, -0.1) is 0 Å². The zero-order valence-corrected chi connectivity index (χ0v) is 9.37. The maximum absolute atomic E-state index is 4.50. The lowest BCUT2D eigenvalue weighted by atomic mass is 10.2. The molecule has 2 rings (SSSR count). The zero-order valence-electron chi connectivity index (χ0n) is 7.20. The SMILES string of the molecule is [Cl-].[PH3+]Cc1ccc2ccccc2n1. The first-order valence-corrected chi connectivity index (χ1v) is 5.04. The Morgan fingerprint density at radius 3 is 2.62 bits per heavy atom. The summed E-state index contributed by atoms with van der Waals surface area (Å²) in [5, 5.41) is 1.22. The number of para-hydroxylation sites is 1. The van der Waals surface area contributed by atoms with Gasteiger partial charge in [0.2, 0.25) is 0 Å². The summed E-state index contributed by atoms with van der Waals surface area (Å²) in [5.74, 6) is 0. The molecule has 3 heteroatoms. The highest BCUT2D eigenvalue weighted by molar-refractivity contribution is 7.15. The summed E-state index contributed by atoms with van der Waals surface area (Å²) in [6, 6.07) is 12.4. The third-order valence-corrected chi connectivity index (χ3v) is 2.42. The van der Waals surface area contributed by atoms with Crippen LogP contribution in [0.5, 0.6) is 0 Å². The maximum Gasteiger partial charge on any atom is 0.0944 e. The molecule has 68 valence electrons. The van der Waals surface area contributed by atoms with Gasteiger partial charge in [-0.2, -0.15) is 0 Å². The first-order valence-electron chi connectivity index (χ1n) is 4.04. The Balaban J connectivity index is 0.000000845. The molecule has 1 heterocycles. The number of hydrogen-bond acceptors (Lipinski definition) is 1. The Labute approximate surface area is 86.2 Å². The van der Waals surface area contributed by atoms with Crippen LogP contribution in [0.2, 0.25) is 0 Å². The molecule has 0 bridgehead atoms. The van der Waals surface area contributed by atoms with Crippen LogP contribution in [0, 0.1) is 0 Å². The molecule has 0 aliphatic rings. The van der Waals surface area contributed by atoms with Crippen molar-refractivity contribution in [1.82, 2.24) is 4.98 Å². The van der Waals surface area contributed by atoms with Crippen molar-refractivity contribution in [3.8, 4) is 0 Å². The number of pyridine rings is 1. The third-order valence-electron chi connectivity index (χ3n) is 1.91. The number of aromatic nitrogens is 1. The molecule has 0 aliphatic heterocycles. The first-order chi connectivity index (χ1) is 5.90. The fourth-order valence-corrected chi connectivity index (χ4v) is 1.53. The quantitative estimate of drug-likeness (QED) is 0.572. The van der Waals surface area contributed by atoms with Crippen LogP contribution in [0.15, 0.2) is 36.4 Å². The van der Waals surface area contributed by atoms with Crippen LogP contribution in [0.3, 0.4) is 0 Å². The Kier molecular flexibility index (Phi) is 3.65. The lowest BCUT2D eigenvalue weighted by molar-refractivity contribution is -0.00000239. The smallest absolute Gasteiger partial charge is 0.0944 e. The van der Waals surface area contributed by atoms with Crippen molar-refractivity contribution in [2.75, 3.05) is 0 Å². The molecular weight excluding hydrogens is 201 g/mol. The van der Waals surface area contributed by atoms with Crippen LogP contribution < -0.4 is 12.4 Å². The van der Waals surface area contributed by atoms with Crippen molar-refractivity contribution >= 4 is 20.1 Å². The molecule has 0 fully saturated rings. The molecule has 1 aromatic heterocycles. The number of rotatable bonds is 1. The Morgan fingerprint density at radius 2 is 1.85 bits per heavy atom. The van der Waals surface area contributed by atoms with Gasteiger partial charge in [0, 0.05) is 5.39 Å². The van der Waals surface area contributed by atoms with Gasteiger partial charge in [0.1, 0.15) is 0 Å². The second kappa shape index (κ2) is 4.55. The molecule has 1 atom stereocenters. The van der Waals surface area contributed by atoms with Gasteiger partial charge in [-0.25, -0.2) is 4.98 Å². The minimum absolute atomic E-state index is 0. The van der Waals surface area contributed by atoms with Crippen molar-refractivity contribution in [2.24, 2.45) is 0 Å². The molecule has 0 radical (unpaired) electrons. The largest absolute Gasteiger partial charge is 1.00 e. The second-order valence-electron chi connectivity index (χ2n) is 2.75. The first kappa shape index (κ1) is 10.4. The highest BCUT2D eigenvalue weighted by Crippen LogP contribution is 2.12. The summed E-state index contributed by atoms with van der Waals surface area (Å²) in [6.07, 6.45) is 1.03. The Bertz CT molecular complexity index is 403. The van der Waals surface area contributed by atoms with E-state index in [0.29, 0.717) is 0 Å². The van der Waals surface area contributed by atoms with E-state index in [-0.39, 0.29) is 12.4 Å². The number of benzene rings is 1. The minimum atomic E-state index is 0. The van der Waals surface area contributed by atoms with Crippen molar-refractivity contribution < 1.29 is 12.4 Å². The van der Waals surface area contributed by atoms with Crippen LogP contribution in [-0.2, 0) is 6.16 Å². The molecule has 2 aromatic rings. The fraction of sp³-hybridized carbons (Fsp3) is 0.100. The summed E-state index contributed by atoms with van der Waals surface area (Å²) < 4.78 is 0. The van der Waals surface area contributed by atoms with Crippen molar-refractivity contribution in [3.05, 3.63) is 42.1 Å². The highest BCUT2D eigenvalue weighted by atomic mass is 35.5. The van der Waals surface area contributed by atoms with Crippen LogP contribution in [0.4, 0.5) is 0 Å². The molecule has 0 saturated carbocycles. The van der Waals surface area contributed by atoms with Crippen LogP contribution in [0.25, 0.3) is 10.9 Å². The Hall–Kier alpha value is -0.650. The van der Waals surface area contributed by atoms with Crippen molar-refractivity contribution in [3.63, 3.8) is 0 Å².